The molecule has 0 aliphatic rings. The summed E-state index contributed by atoms with van der Waals surface area (Å²) in [6.07, 6.45) is 0. The van der Waals surface area contributed by atoms with E-state index in [-0.39, 0.29) is 11.4 Å². The molecule has 0 aliphatic carbocycles. The van der Waals surface area contributed by atoms with Crippen LogP contribution in [0.4, 0.5) is 4.39 Å². The second-order valence-electron chi connectivity index (χ2n) is 6.32. The quantitative estimate of drug-likeness (QED) is 0.341. The van der Waals surface area contributed by atoms with Crippen LogP contribution >= 0.6 is 23.1 Å². The van der Waals surface area contributed by atoms with Gasteiger partial charge in [-0.2, -0.15) is 0 Å². The molecular formula is C21H17FN2OS2. The molecule has 0 amide bonds. The maximum atomic E-state index is 13.2. The van der Waals surface area contributed by atoms with E-state index < -0.39 is 0 Å². The number of aryl methyl sites for hydroxylation is 1. The Balaban J connectivity index is 1.71. The van der Waals surface area contributed by atoms with Crippen molar-refractivity contribution in [1.82, 2.24) is 9.55 Å². The van der Waals surface area contributed by atoms with Crippen LogP contribution in [0.5, 0.6) is 0 Å². The van der Waals surface area contributed by atoms with Crippen LogP contribution < -0.4 is 5.56 Å². The largest absolute Gasteiger partial charge is 0.282 e. The number of thiophene rings is 1. The number of halogens is 1. The molecule has 0 bridgehead atoms. The minimum atomic E-state index is -0.285. The molecule has 2 heterocycles. The molecule has 0 fully saturated rings. The molecule has 0 saturated carbocycles. The predicted octanol–water partition coefficient (Wildman–Crippen LogP) is 5.25. The summed E-state index contributed by atoms with van der Waals surface area (Å²) in [5.74, 6) is 0.444. The van der Waals surface area contributed by atoms with Gasteiger partial charge in [-0.25, -0.2) is 9.37 Å². The van der Waals surface area contributed by atoms with Crippen molar-refractivity contribution in [2.24, 2.45) is 0 Å². The Morgan fingerprint density at radius 2 is 1.93 bits per heavy atom. The first-order valence-electron chi connectivity index (χ1n) is 8.51. The first-order valence-corrected chi connectivity index (χ1v) is 10.4. The number of thioether (sulfide) groups is 1. The average Bonchev–Trinajstić information content (AvgIpc) is 3.13. The zero-order chi connectivity index (χ0) is 18.8. The molecule has 27 heavy (non-hydrogen) atoms. The Morgan fingerprint density at radius 1 is 1.11 bits per heavy atom. The lowest BCUT2D eigenvalue weighted by Gasteiger charge is -2.12. The van der Waals surface area contributed by atoms with Gasteiger partial charge in [-0.15, -0.1) is 11.3 Å². The second-order valence-corrected chi connectivity index (χ2v) is 8.18. The highest BCUT2D eigenvalue weighted by Gasteiger charge is 2.13. The Morgan fingerprint density at radius 3 is 2.70 bits per heavy atom. The molecule has 136 valence electrons. The molecule has 0 radical (unpaired) electrons. The molecule has 2 aromatic heterocycles. The van der Waals surface area contributed by atoms with Crippen molar-refractivity contribution in [2.75, 3.05) is 0 Å². The van der Waals surface area contributed by atoms with Crippen LogP contribution in [-0.4, -0.2) is 9.55 Å². The first kappa shape index (κ1) is 17.9. The summed E-state index contributed by atoms with van der Waals surface area (Å²) in [7, 11) is 0. The average molecular weight is 397 g/mol. The molecule has 0 spiro atoms. The third kappa shape index (κ3) is 3.96. The van der Waals surface area contributed by atoms with Gasteiger partial charge in [0.25, 0.3) is 5.56 Å². The summed E-state index contributed by atoms with van der Waals surface area (Å²) in [5, 5.41) is 2.56. The maximum absolute atomic E-state index is 13.2. The minimum Gasteiger partial charge on any atom is -0.282 e. The topological polar surface area (TPSA) is 34.9 Å². The summed E-state index contributed by atoms with van der Waals surface area (Å²) in [5.41, 5.74) is 3.94. The molecule has 0 atom stereocenters. The van der Waals surface area contributed by atoms with Crippen molar-refractivity contribution in [3.8, 4) is 0 Å². The van der Waals surface area contributed by atoms with E-state index in [1.165, 1.54) is 34.6 Å². The standard InChI is InChI=1S/C21H17FN2OS2/c1-14-3-2-4-16(11-14)13-27-21-23-18-9-10-26-19(18)20(25)24(21)12-15-5-7-17(22)8-6-15/h2-11H,12-13H2,1H3. The molecule has 4 rings (SSSR count). The van der Waals surface area contributed by atoms with Crippen molar-refractivity contribution in [3.63, 3.8) is 0 Å². The summed E-state index contributed by atoms with van der Waals surface area (Å²) in [4.78, 5) is 17.7. The van der Waals surface area contributed by atoms with E-state index in [9.17, 15) is 9.18 Å². The SMILES string of the molecule is Cc1cccc(CSc2nc3ccsc3c(=O)n2Cc2ccc(F)cc2)c1. The lowest BCUT2D eigenvalue weighted by molar-refractivity contribution is 0.623. The highest BCUT2D eigenvalue weighted by molar-refractivity contribution is 7.98. The number of aromatic nitrogens is 2. The third-order valence-corrected chi connectivity index (χ3v) is 6.17. The zero-order valence-electron chi connectivity index (χ0n) is 14.7. The van der Waals surface area contributed by atoms with E-state index in [4.69, 9.17) is 4.98 Å². The van der Waals surface area contributed by atoms with Gasteiger partial charge in [0.05, 0.1) is 12.1 Å². The van der Waals surface area contributed by atoms with Gasteiger partial charge in [-0.05, 0) is 41.6 Å². The normalized spacial score (nSPS) is 11.2. The zero-order valence-corrected chi connectivity index (χ0v) is 16.3. The van der Waals surface area contributed by atoms with Gasteiger partial charge in [-0.1, -0.05) is 53.7 Å². The van der Waals surface area contributed by atoms with E-state index >= 15 is 0 Å². The van der Waals surface area contributed by atoms with Crippen LogP contribution in [0, 0.1) is 12.7 Å². The molecule has 0 unspecified atom stereocenters. The number of nitrogens with zero attached hydrogens (tertiary/aromatic N) is 2. The number of hydrogen-bond acceptors (Lipinski definition) is 4. The predicted molar refractivity (Wildman–Crippen MR) is 110 cm³/mol. The number of hydrogen-bond donors (Lipinski definition) is 0. The van der Waals surface area contributed by atoms with Gasteiger partial charge in [0.15, 0.2) is 5.16 Å². The van der Waals surface area contributed by atoms with Crippen molar-refractivity contribution in [1.29, 1.82) is 0 Å². The van der Waals surface area contributed by atoms with Gasteiger partial charge in [-0.3, -0.25) is 9.36 Å². The monoisotopic (exact) mass is 396 g/mol. The number of fused-ring (bicyclic) bond motifs is 1. The Hall–Kier alpha value is -2.44. The molecule has 4 aromatic rings. The molecule has 3 nitrogen and oxygen atoms in total. The van der Waals surface area contributed by atoms with Crippen LogP contribution in [0.25, 0.3) is 10.2 Å². The summed E-state index contributed by atoms with van der Waals surface area (Å²) in [6.45, 7) is 2.43. The van der Waals surface area contributed by atoms with E-state index in [0.29, 0.717) is 16.4 Å². The fourth-order valence-electron chi connectivity index (χ4n) is 2.90. The Bertz CT molecular complexity index is 1150. The molecule has 6 heteroatoms. The molecule has 0 N–H and O–H groups in total. The van der Waals surface area contributed by atoms with Gasteiger partial charge >= 0.3 is 0 Å². The molecule has 0 saturated heterocycles. The van der Waals surface area contributed by atoms with Gasteiger partial charge in [0, 0.05) is 5.75 Å². The number of rotatable bonds is 5. The van der Waals surface area contributed by atoms with Crippen LogP contribution in [-0.2, 0) is 12.3 Å². The lowest BCUT2D eigenvalue weighted by Crippen LogP contribution is -2.23. The minimum absolute atomic E-state index is 0.0499. The maximum Gasteiger partial charge on any atom is 0.272 e. The van der Waals surface area contributed by atoms with Gasteiger partial charge in [0.1, 0.15) is 10.5 Å². The van der Waals surface area contributed by atoms with E-state index in [0.717, 1.165) is 16.8 Å². The van der Waals surface area contributed by atoms with E-state index in [1.807, 2.05) is 17.5 Å². The summed E-state index contributed by atoms with van der Waals surface area (Å²) < 4.78 is 15.5. The smallest absolute Gasteiger partial charge is 0.272 e. The molecule has 2 aromatic carbocycles. The summed E-state index contributed by atoms with van der Waals surface area (Å²) in [6, 6.07) is 16.4. The van der Waals surface area contributed by atoms with Crippen molar-refractivity contribution in [2.45, 2.75) is 24.4 Å². The second kappa shape index (κ2) is 7.66. The van der Waals surface area contributed by atoms with Crippen molar-refractivity contribution in [3.05, 3.63) is 92.8 Å². The van der Waals surface area contributed by atoms with Crippen LogP contribution in [0.3, 0.4) is 0 Å². The Labute approximate surface area is 164 Å². The van der Waals surface area contributed by atoms with Gasteiger partial charge in [0.2, 0.25) is 0 Å². The van der Waals surface area contributed by atoms with E-state index in [1.54, 1.807) is 28.5 Å². The summed E-state index contributed by atoms with van der Waals surface area (Å²) >= 11 is 2.95. The highest BCUT2D eigenvalue weighted by atomic mass is 32.2. The highest BCUT2D eigenvalue weighted by Crippen LogP contribution is 2.25. The fraction of sp³-hybridized carbons (Fsp3) is 0.143. The number of benzene rings is 2. The Kier molecular flexibility index (Phi) is 5.09. The van der Waals surface area contributed by atoms with E-state index in [2.05, 4.69) is 25.1 Å². The van der Waals surface area contributed by atoms with Crippen LogP contribution in [0.1, 0.15) is 16.7 Å². The third-order valence-electron chi connectivity index (χ3n) is 4.24. The first-order chi connectivity index (χ1) is 13.1. The lowest BCUT2D eigenvalue weighted by atomic mass is 10.2. The van der Waals surface area contributed by atoms with Crippen LogP contribution in [0.2, 0.25) is 0 Å². The van der Waals surface area contributed by atoms with Gasteiger partial charge < -0.3 is 0 Å². The molecule has 0 aliphatic heterocycles. The van der Waals surface area contributed by atoms with Crippen LogP contribution in [0.15, 0.2) is 69.9 Å². The molecular weight excluding hydrogens is 379 g/mol. The fourth-order valence-corrected chi connectivity index (χ4v) is 4.62. The van der Waals surface area contributed by atoms with Crippen molar-refractivity contribution >= 4 is 33.3 Å². The van der Waals surface area contributed by atoms with Crippen molar-refractivity contribution < 1.29 is 4.39 Å².